The van der Waals surface area contributed by atoms with Crippen molar-refractivity contribution in [3.63, 3.8) is 0 Å². The average molecular weight is 271 g/mol. The van der Waals surface area contributed by atoms with Crippen LogP contribution in [0.1, 0.15) is 0 Å². The van der Waals surface area contributed by atoms with E-state index in [9.17, 15) is 5.11 Å². The third kappa shape index (κ3) is 2.14. The van der Waals surface area contributed by atoms with Gasteiger partial charge in [-0.1, -0.05) is 0 Å². The molecule has 0 aliphatic heterocycles. The van der Waals surface area contributed by atoms with Crippen molar-refractivity contribution in [1.82, 2.24) is 19.7 Å². The second kappa shape index (κ2) is 4.64. The van der Waals surface area contributed by atoms with E-state index in [0.717, 1.165) is 35.0 Å². The Bertz CT molecular complexity index is 778. The van der Waals surface area contributed by atoms with Crippen molar-refractivity contribution >= 4 is 27.8 Å². The molecule has 0 saturated carbocycles. The lowest BCUT2D eigenvalue weighted by atomic mass is 10.2. The van der Waals surface area contributed by atoms with Gasteiger partial charge in [-0.15, -0.1) is 0 Å². The molecule has 20 heavy (non-hydrogen) atoms. The summed E-state index contributed by atoms with van der Waals surface area (Å²) < 4.78 is 1.81. The third-order valence-electron chi connectivity index (χ3n) is 3.29. The van der Waals surface area contributed by atoms with E-state index in [1.54, 1.807) is 12.1 Å². The molecule has 0 bridgehead atoms. The summed E-state index contributed by atoms with van der Waals surface area (Å²) in [4.78, 5) is 6.66. The fourth-order valence-electron chi connectivity index (χ4n) is 2.21. The molecule has 2 heterocycles. The van der Waals surface area contributed by atoms with Crippen LogP contribution in [0.5, 0.6) is 5.75 Å². The van der Waals surface area contributed by atoms with Crippen molar-refractivity contribution in [3.8, 4) is 5.75 Å². The molecule has 0 amide bonds. The Morgan fingerprint density at radius 1 is 1.30 bits per heavy atom. The minimum absolute atomic E-state index is 0.205. The number of hydrogen-bond donors (Lipinski definition) is 2. The molecule has 0 saturated heterocycles. The molecule has 0 spiro atoms. The third-order valence-corrected chi connectivity index (χ3v) is 3.29. The summed E-state index contributed by atoms with van der Waals surface area (Å²) in [5.74, 6) is 0.693. The normalized spacial score (nSPS) is 11.8. The molecule has 6 heteroatoms. The number of pyridine rings is 1. The Labute approximate surface area is 116 Å². The van der Waals surface area contributed by atoms with Gasteiger partial charge in [0.25, 0.3) is 0 Å². The Balaban J connectivity index is 2.17. The SMILES string of the molecule is CN(C)CCn1nc(N)c2cc3ccc(O)cc3nc21. The highest BCUT2D eigenvalue weighted by atomic mass is 16.3. The maximum Gasteiger partial charge on any atom is 0.160 e. The van der Waals surface area contributed by atoms with Crippen LogP contribution in [0.4, 0.5) is 5.82 Å². The predicted octanol–water partition coefficient (Wildman–Crippen LogP) is 1.43. The summed E-state index contributed by atoms with van der Waals surface area (Å²) in [5.41, 5.74) is 7.46. The van der Waals surface area contributed by atoms with Gasteiger partial charge in [-0.05, 0) is 32.3 Å². The van der Waals surface area contributed by atoms with Gasteiger partial charge in [0, 0.05) is 18.0 Å². The maximum absolute atomic E-state index is 9.56. The van der Waals surface area contributed by atoms with Gasteiger partial charge in [0.1, 0.15) is 5.75 Å². The zero-order chi connectivity index (χ0) is 14.3. The van der Waals surface area contributed by atoms with E-state index in [0.29, 0.717) is 5.82 Å². The molecule has 3 rings (SSSR count). The van der Waals surface area contributed by atoms with E-state index in [-0.39, 0.29) is 5.75 Å². The minimum Gasteiger partial charge on any atom is -0.508 e. The molecule has 3 N–H and O–H groups in total. The van der Waals surface area contributed by atoms with Crippen LogP contribution in [-0.4, -0.2) is 45.4 Å². The number of likely N-dealkylation sites (N-methyl/N-ethyl adjacent to an activating group) is 1. The van der Waals surface area contributed by atoms with E-state index in [1.807, 2.05) is 30.9 Å². The van der Waals surface area contributed by atoms with Crippen molar-refractivity contribution in [2.24, 2.45) is 0 Å². The largest absolute Gasteiger partial charge is 0.508 e. The average Bonchev–Trinajstić information content (AvgIpc) is 2.70. The summed E-state index contributed by atoms with van der Waals surface area (Å²) in [6.45, 7) is 1.58. The van der Waals surface area contributed by atoms with Gasteiger partial charge >= 0.3 is 0 Å². The molecule has 0 fully saturated rings. The van der Waals surface area contributed by atoms with Crippen LogP contribution in [-0.2, 0) is 6.54 Å². The Hall–Kier alpha value is -2.34. The van der Waals surface area contributed by atoms with E-state index in [4.69, 9.17) is 5.73 Å². The van der Waals surface area contributed by atoms with E-state index >= 15 is 0 Å². The van der Waals surface area contributed by atoms with Crippen LogP contribution in [0.25, 0.3) is 21.9 Å². The van der Waals surface area contributed by atoms with Crippen LogP contribution >= 0.6 is 0 Å². The van der Waals surface area contributed by atoms with Gasteiger partial charge in [0.2, 0.25) is 0 Å². The molecule has 0 unspecified atom stereocenters. The van der Waals surface area contributed by atoms with Crippen molar-refractivity contribution < 1.29 is 5.11 Å². The summed E-state index contributed by atoms with van der Waals surface area (Å²) in [6, 6.07) is 7.08. The van der Waals surface area contributed by atoms with Crippen molar-refractivity contribution in [2.45, 2.75) is 6.54 Å². The molecule has 0 aliphatic rings. The van der Waals surface area contributed by atoms with Crippen LogP contribution in [0.3, 0.4) is 0 Å². The van der Waals surface area contributed by atoms with E-state index in [1.165, 1.54) is 0 Å². The summed E-state index contributed by atoms with van der Waals surface area (Å²) in [7, 11) is 4.02. The van der Waals surface area contributed by atoms with E-state index in [2.05, 4.69) is 15.0 Å². The maximum atomic E-state index is 9.56. The molecule has 0 radical (unpaired) electrons. The zero-order valence-corrected chi connectivity index (χ0v) is 11.5. The highest BCUT2D eigenvalue weighted by Gasteiger charge is 2.11. The van der Waals surface area contributed by atoms with Gasteiger partial charge in [0.15, 0.2) is 11.5 Å². The monoisotopic (exact) mass is 271 g/mol. The lowest BCUT2D eigenvalue weighted by Gasteiger charge is -2.09. The number of phenolic OH excluding ortho intramolecular Hbond substituents is 1. The molecule has 1 aromatic carbocycles. The highest BCUT2D eigenvalue weighted by Crippen LogP contribution is 2.26. The second-order valence-corrected chi connectivity index (χ2v) is 5.15. The number of aromatic hydroxyl groups is 1. The molecule has 104 valence electrons. The van der Waals surface area contributed by atoms with Crippen molar-refractivity contribution in [2.75, 3.05) is 26.4 Å². The lowest BCUT2D eigenvalue weighted by Crippen LogP contribution is -2.19. The van der Waals surface area contributed by atoms with Crippen LogP contribution in [0, 0.1) is 0 Å². The van der Waals surface area contributed by atoms with Gasteiger partial charge in [-0.2, -0.15) is 5.10 Å². The number of nitrogens with two attached hydrogens (primary N) is 1. The molecular formula is C14H17N5O. The fourth-order valence-corrected chi connectivity index (χ4v) is 2.21. The van der Waals surface area contributed by atoms with Gasteiger partial charge < -0.3 is 15.7 Å². The first-order chi connectivity index (χ1) is 9.54. The number of nitrogens with zero attached hydrogens (tertiary/aromatic N) is 4. The molecule has 6 nitrogen and oxygen atoms in total. The summed E-state index contributed by atoms with van der Waals surface area (Å²) in [6.07, 6.45) is 0. The fraction of sp³-hybridized carbons (Fsp3) is 0.286. The Morgan fingerprint density at radius 3 is 2.85 bits per heavy atom. The van der Waals surface area contributed by atoms with E-state index < -0.39 is 0 Å². The number of fused-ring (bicyclic) bond motifs is 2. The lowest BCUT2D eigenvalue weighted by molar-refractivity contribution is 0.376. The first-order valence-electron chi connectivity index (χ1n) is 6.45. The van der Waals surface area contributed by atoms with Gasteiger partial charge in [-0.3, -0.25) is 0 Å². The molecule has 0 atom stereocenters. The van der Waals surface area contributed by atoms with Crippen LogP contribution < -0.4 is 5.73 Å². The first-order valence-corrected chi connectivity index (χ1v) is 6.45. The molecular weight excluding hydrogens is 254 g/mol. The number of anilines is 1. The first kappa shape index (κ1) is 12.7. The number of aromatic nitrogens is 3. The number of rotatable bonds is 3. The van der Waals surface area contributed by atoms with Crippen molar-refractivity contribution in [3.05, 3.63) is 24.3 Å². The standard InChI is InChI=1S/C14H17N5O/c1-18(2)5-6-19-14-11(13(15)17-19)7-9-3-4-10(20)8-12(9)16-14/h3-4,7-8,20H,5-6H2,1-2H3,(H2,15,17). The number of nitrogen functional groups attached to an aromatic ring is 1. The van der Waals surface area contributed by atoms with Crippen LogP contribution in [0.2, 0.25) is 0 Å². The molecule has 2 aromatic heterocycles. The topological polar surface area (TPSA) is 80.2 Å². The predicted molar refractivity (Wildman–Crippen MR) is 79.7 cm³/mol. The molecule has 0 aliphatic carbocycles. The van der Waals surface area contributed by atoms with Gasteiger partial charge in [0.05, 0.1) is 17.4 Å². The number of phenols is 1. The Morgan fingerprint density at radius 2 is 2.10 bits per heavy atom. The van der Waals surface area contributed by atoms with Crippen molar-refractivity contribution in [1.29, 1.82) is 0 Å². The zero-order valence-electron chi connectivity index (χ0n) is 11.5. The smallest absolute Gasteiger partial charge is 0.160 e. The molecule has 3 aromatic rings. The van der Waals surface area contributed by atoms with Gasteiger partial charge in [-0.25, -0.2) is 9.67 Å². The quantitative estimate of drug-likeness (QED) is 0.753. The minimum atomic E-state index is 0.205. The van der Waals surface area contributed by atoms with Crippen LogP contribution in [0.15, 0.2) is 24.3 Å². The number of benzene rings is 1. The second-order valence-electron chi connectivity index (χ2n) is 5.15. The highest BCUT2D eigenvalue weighted by molar-refractivity contribution is 5.96. The summed E-state index contributed by atoms with van der Waals surface area (Å²) in [5, 5.41) is 15.7. The number of hydrogen-bond acceptors (Lipinski definition) is 5. The summed E-state index contributed by atoms with van der Waals surface area (Å²) >= 11 is 0. The Kier molecular flexibility index (Phi) is 2.94.